The number of anilines is 1. The van der Waals surface area contributed by atoms with Gasteiger partial charge >= 0.3 is 0 Å². The molecule has 5 heteroatoms. The molecule has 1 N–H and O–H groups in total. The van der Waals surface area contributed by atoms with Gasteiger partial charge in [0.25, 0.3) is 0 Å². The molecule has 0 spiro atoms. The lowest BCUT2D eigenvalue weighted by molar-refractivity contribution is -0.123. The number of thiazole rings is 1. The van der Waals surface area contributed by atoms with Crippen LogP contribution >= 0.6 is 11.3 Å². The molecule has 4 nitrogen and oxygen atoms in total. The van der Waals surface area contributed by atoms with Gasteiger partial charge in [-0.2, -0.15) is 0 Å². The third-order valence-electron chi connectivity index (χ3n) is 5.03. The Labute approximate surface area is 154 Å². The number of carbonyl (C=O) groups excluding carboxylic acids is 1. The van der Waals surface area contributed by atoms with Crippen molar-refractivity contribution >= 4 is 22.9 Å². The summed E-state index contributed by atoms with van der Waals surface area (Å²) in [6, 6.07) is 8.57. The molecule has 0 bridgehead atoms. The van der Waals surface area contributed by atoms with Crippen LogP contribution in [0.15, 0.2) is 29.6 Å². The minimum atomic E-state index is -0.365. The molecule has 0 radical (unpaired) electrons. The molecule has 2 heterocycles. The van der Waals surface area contributed by atoms with Crippen LogP contribution in [0.2, 0.25) is 0 Å². The van der Waals surface area contributed by atoms with Gasteiger partial charge < -0.3 is 10.2 Å². The predicted octanol–water partition coefficient (Wildman–Crippen LogP) is 4.04. The van der Waals surface area contributed by atoms with Crippen LogP contribution in [0.3, 0.4) is 0 Å². The number of aromatic nitrogens is 1. The smallest absolute Gasteiger partial charge is 0.220 e. The summed E-state index contributed by atoms with van der Waals surface area (Å²) in [5.41, 5.74) is 3.40. The fourth-order valence-corrected chi connectivity index (χ4v) is 4.33. The Hall–Kier alpha value is -1.88. The molecule has 2 aromatic rings. The zero-order valence-electron chi connectivity index (χ0n) is 15.3. The number of aryl methyl sites for hydroxylation is 1. The van der Waals surface area contributed by atoms with E-state index in [-0.39, 0.29) is 11.4 Å². The van der Waals surface area contributed by atoms with Crippen molar-refractivity contribution in [1.82, 2.24) is 10.3 Å². The van der Waals surface area contributed by atoms with Gasteiger partial charge in [0, 0.05) is 36.3 Å². The Bertz CT molecular complexity index is 742. The fourth-order valence-electron chi connectivity index (χ4n) is 3.34. The lowest BCUT2D eigenvalue weighted by Crippen LogP contribution is -2.43. The maximum absolute atomic E-state index is 12.5. The molecule has 1 aliphatic heterocycles. The summed E-state index contributed by atoms with van der Waals surface area (Å²) >= 11 is 1.63. The molecule has 1 atom stereocenters. The van der Waals surface area contributed by atoms with E-state index in [0.717, 1.165) is 43.1 Å². The Balaban J connectivity index is 1.51. The average molecular weight is 358 g/mol. The average Bonchev–Trinajstić information content (AvgIpc) is 3.22. The number of para-hydroxylation sites is 1. The zero-order valence-corrected chi connectivity index (χ0v) is 16.2. The molecule has 0 unspecified atom stereocenters. The van der Waals surface area contributed by atoms with Gasteiger partial charge in [-0.15, -0.1) is 11.3 Å². The predicted molar refractivity (Wildman–Crippen MR) is 104 cm³/mol. The van der Waals surface area contributed by atoms with Crippen molar-refractivity contribution in [2.45, 2.75) is 52.0 Å². The minimum absolute atomic E-state index is 0.115. The van der Waals surface area contributed by atoms with Crippen molar-refractivity contribution in [3.8, 4) is 0 Å². The van der Waals surface area contributed by atoms with Crippen LogP contribution < -0.4 is 10.2 Å². The van der Waals surface area contributed by atoms with Gasteiger partial charge in [0.15, 0.2) is 0 Å². The van der Waals surface area contributed by atoms with E-state index < -0.39 is 0 Å². The summed E-state index contributed by atoms with van der Waals surface area (Å²) in [5, 5.41) is 6.24. The van der Waals surface area contributed by atoms with Gasteiger partial charge in [0.2, 0.25) is 5.91 Å². The Morgan fingerprint density at radius 3 is 2.92 bits per heavy atom. The molecule has 25 heavy (non-hydrogen) atoms. The zero-order chi connectivity index (χ0) is 17.9. The van der Waals surface area contributed by atoms with Crippen LogP contribution in [0, 0.1) is 6.92 Å². The number of fused-ring (bicyclic) bond motifs is 1. The van der Waals surface area contributed by atoms with E-state index in [1.54, 1.807) is 11.3 Å². The lowest BCUT2D eigenvalue weighted by atomic mass is 9.99. The number of nitrogens with zero attached hydrogens (tertiary/aromatic N) is 2. The van der Waals surface area contributed by atoms with Crippen LogP contribution in [-0.2, 0) is 16.8 Å². The van der Waals surface area contributed by atoms with Crippen LogP contribution in [0.4, 0.5) is 5.69 Å². The first-order valence-electron chi connectivity index (χ1n) is 9.08. The second-order valence-electron chi connectivity index (χ2n) is 7.00. The number of amides is 1. The topological polar surface area (TPSA) is 45.2 Å². The number of hydrogen-bond donors (Lipinski definition) is 1. The van der Waals surface area contributed by atoms with Gasteiger partial charge in [-0.05, 0) is 44.7 Å². The summed E-state index contributed by atoms with van der Waals surface area (Å²) in [7, 11) is 0. The molecule has 1 aromatic heterocycles. The summed E-state index contributed by atoms with van der Waals surface area (Å²) in [6.07, 6.45) is 3.38. The molecule has 0 saturated carbocycles. The van der Waals surface area contributed by atoms with Gasteiger partial charge in [-0.1, -0.05) is 25.1 Å². The molecule has 0 aliphatic carbocycles. The van der Waals surface area contributed by atoms with Gasteiger partial charge in [-0.3, -0.25) is 4.79 Å². The van der Waals surface area contributed by atoms with Crippen molar-refractivity contribution in [1.29, 1.82) is 0 Å². The van der Waals surface area contributed by atoms with E-state index in [1.165, 1.54) is 11.3 Å². The van der Waals surface area contributed by atoms with Crippen molar-refractivity contribution in [3.05, 3.63) is 45.9 Å². The second kappa shape index (κ2) is 7.56. The first-order valence-corrected chi connectivity index (χ1v) is 9.96. The molecule has 0 fully saturated rings. The third-order valence-corrected chi connectivity index (χ3v) is 6.25. The van der Waals surface area contributed by atoms with E-state index in [2.05, 4.69) is 53.3 Å². The van der Waals surface area contributed by atoms with E-state index in [1.807, 2.05) is 12.3 Å². The number of carbonyl (C=O) groups is 1. The normalized spacial score (nSPS) is 15.7. The largest absolute Gasteiger partial charge is 0.371 e. The summed E-state index contributed by atoms with van der Waals surface area (Å²) in [6.45, 7) is 8.15. The molecular weight excluding hydrogens is 330 g/mol. The number of benzene rings is 1. The highest BCUT2D eigenvalue weighted by Gasteiger charge is 2.29. The van der Waals surface area contributed by atoms with Crippen molar-refractivity contribution in [2.24, 2.45) is 0 Å². The second-order valence-corrected chi connectivity index (χ2v) is 7.86. The van der Waals surface area contributed by atoms with E-state index in [0.29, 0.717) is 6.42 Å². The minimum Gasteiger partial charge on any atom is -0.371 e. The van der Waals surface area contributed by atoms with Crippen molar-refractivity contribution in [2.75, 3.05) is 18.0 Å². The molecule has 1 amide bonds. The molecular formula is C20H27N3OS. The number of nitrogens with one attached hydrogen (secondary N) is 1. The molecule has 1 aromatic carbocycles. The van der Waals surface area contributed by atoms with E-state index in [4.69, 9.17) is 0 Å². The quantitative estimate of drug-likeness (QED) is 0.813. The van der Waals surface area contributed by atoms with Gasteiger partial charge in [0.05, 0.1) is 5.54 Å². The molecule has 1 aliphatic rings. The highest BCUT2D eigenvalue weighted by Crippen LogP contribution is 2.29. The lowest BCUT2D eigenvalue weighted by Gasteiger charge is -2.27. The summed E-state index contributed by atoms with van der Waals surface area (Å²) in [5.74, 6) is 0.115. The van der Waals surface area contributed by atoms with Crippen LogP contribution in [0.5, 0.6) is 0 Å². The first kappa shape index (κ1) is 17.9. The van der Waals surface area contributed by atoms with Crippen LogP contribution in [0.25, 0.3) is 0 Å². The Morgan fingerprint density at radius 1 is 1.40 bits per heavy atom. The maximum atomic E-state index is 12.5. The number of hydrogen-bond acceptors (Lipinski definition) is 4. The van der Waals surface area contributed by atoms with Gasteiger partial charge in [-0.25, -0.2) is 4.98 Å². The Morgan fingerprint density at radius 2 is 2.20 bits per heavy atom. The van der Waals surface area contributed by atoms with E-state index >= 15 is 0 Å². The molecule has 0 saturated heterocycles. The summed E-state index contributed by atoms with van der Waals surface area (Å²) < 4.78 is 0. The third kappa shape index (κ3) is 4.03. The summed E-state index contributed by atoms with van der Waals surface area (Å²) in [4.78, 5) is 19.4. The standard InChI is InChI=1S/C20H27N3OS/c1-4-20(3,19-21-15(2)14-25-19)22-18(24)10-7-12-23-13-11-16-8-5-6-9-17(16)23/h5-6,8-9,14H,4,7,10-13H2,1-3H3,(H,22,24)/t20-/m1/s1. The highest BCUT2D eigenvalue weighted by molar-refractivity contribution is 7.09. The molecule has 3 rings (SSSR count). The first-order chi connectivity index (χ1) is 12.0. The SMILES string of the molecule is CC[C@@](C)(NC(=O)CCCN1CCc2ccccc21)c1nc(C)cs1. The van der Waals surface area contributed by atoms with Crippen molar-refractivity contribution < 1.29 is 4.79 Å². The number of rotatable bonds is 7. The van der Waals surface area contributed by atoms with Crippen LogP contribution in [0.1, 0.15) is 49.4 Å². The maximum Gasteiger partial charge on any atom is 0.220 e. The van der Waals surface area contributed by atoms with Gasteiger partial charge in [0.1, 0.15) is 5.01 Å². The Kier molecular flexibility index (Phi) is 5.42. The van der Waals surface area contributed by atoms with Crippen molar-refractivity contribution in [3.63, 3.8) is 0 Å². The monoisotopic (exact) mass is 357 g/mol. The van der Waals surface area contributed by atoms with E-state index in [9.17, 15) is 4.79 Å². The molecule has 134 valence electrons. The van der Waals surface area contributed by atoms with Crippen LogP contribution in [-0.4, -0.2) is 24.0 Å². The highest BCUT2D eigenvalue weighted by atomic mass is 32.1. The fraction of sp³-hybridized carbons (Fsp3) is 0.500.